The van der Waals surface area contributed by atoms with E-state index < -0.39 is 0 Å². The molecule has 2 aromatic heterocycles. The molecule has 1 unspecified atom stereocenters. The lowest BCUT2D eigenvalue weighted by Crippen LogP contribution is -2.40. The van der Waals surface area contributed by atoms with Gasteiger partial charge in [0, 0.05) is 17.0 Å². The molecule has 5 rings (SSSR count). The number of anilines is 1. The molecule has 1 aromatic carbocycles. The second-order valence-corrected chi connectivity index (χ2v) is 9.95. The van der Waals surface area contributed by atoms with E-state index in [2.05, 4.69) is 20.4 Å². The molecular weight excluding hydrogens is 452 g/mol. The minimum Gasteiger partial charge on any atom is -0.465 e. The third kappa shape index (κ3) is 4.76. The molecule has 1 saturated heterocycles. The van der Waals surface area contributed by atoms with E-state index in [1.165, 1.54) is 23.3 Å². The first-order valence-electron chi connectivity index (χ1n) is 11.8. The van der Waals surface area contributed by atoms with E-state index in [0.717, 1.165) is 56.2 Å². The SMILES string of the molecule is COC(=O)c1c(NC(=O)C2CCCN(Cc3nc(-c4ccccc4)no3)C2)sc2c1CCCC2. The number of nitrogens with zero attached hydrogens (tertiary/aromatic N) is 3. The summed E-state index contributed by atoms with van der Waals surface area (Å²) in [5.41, 5.74) is 2.50. The fourth-order valence-electron chi connectivity index (χ4n) is 4.81. The minimum absolute atomic E-state index is 0.0519. The topological polar surface area (TPSA) is 97.6 Å². The predicted molar refractivity (Wildman–Crippen MR) is 129 cm³/mol. The number of amides is 1. The molecule has 0 radical (unpaired) electrons. The van der Waals surface area contributed by atoms with Crippen LogP contribution in [0.4, 0.5) is 5.00 Å². The Balaban J connectivity index is 1.25. The second kappa shape index (κ2) is 10.1. The van der Waals surface area contributed by atoms with Crippen molar-refractivity contribution in [2.75, 3.05) is 25.5 Å². The van der Waals surface area contributed by atoms with Gasteiger partial charge in [-0.25, -0.2) is 4.79 Å². The zero-order chi connectivity index (χ0) is 23.5. The Morgan fingerprint density at radius 1 is 1.21 bits per heavy atom. The molecule has 0 spiro atoms. The van der Waals surface area contributed by atoms with E-state index in [4.69, 9.17) is 9.26 Å². The summed E-state index contributed by atoms with van der Waals surface area (Å²) in [5.74, 6) is 0.516. The van der Waals surface area contributed by atoms with Crippen LogP contribution in [0, 0.1) is 5.92 Å². The number of hydrogen-bond donors (Lipinski definition) is 1. The zero-order valence-corrected chi connectivity index (χ0v) is 20.0. The van der Waals surface area contributed by atoms with Crippen LogP contribution in [0.25, 0.3) is 11.4 Å². The van der Waals surface area contributed by atoms with Crippen LogP contribution in [0.15, 0.2) is 34.9 Å². The van der Waals surface area contributed by atoms with Gasteiger partial charge in [-0.1, -0.05) is 35.5 Å². The van der Waals surface area contributed by atoms with Gasteiger partial charge in [0.05, 0.1) is 25.1 Å². The molecular formula is C25H28N4O4S. The van der Waals surface area contributed by atoms with E-state index in [9.17, 15) is 9.59 Å². The summed E-state index contributed by atoms with van der Waals surface area (Å²) in [7, 11) is 1.39. The predicted octanol–water partition coefficient (Wildman–Crippen LogP) is 4.31. The Bertz CT molecular complexity index is 1170. The number of methoxy groups -OCH3 is 1. The maximum Gasteiger partial charge on any atom is 0.341 e. The molecule has 2 aliphatic rings. The summed E-state index contributed by atoms with van der Waals surface area (Å²) in [5, 5.41) is 7.79. The van der Waals surface area contributed by atoms with E-state index in [1.807, 2.05) is 30.3 Å². The highest BCUT2D eigenvalue weighted by atomic mass is 32.1. The summed E-state index contributed by atoms with van der Waals surface area (Å²) < 4.78 is 10.5. The minimum atomic E-state index is -0.370. The number of nitrogens with one attached hydrogen (secondary N) is 1. The quantitative estimate of drug-likeness (QED) is 0.525. The van der Waals surface area contributed by atoms with Crippen molar-refractivity contribution in [1.29, 1.82) is 0 Å². The van der Waals surface area contributed by atoms with Gasteiger partial charge in [0.15, 0.2) is 0 Å². The molecule has 1 aliphatic carbocycles. The number of hydrogen-bond acceptors (Lipinski definition) is 8. The summed E-state index contributed by atoms with van der Waals surface area (Å²) in [6, 6.07) is 9.72. The van der Waals surface area contributed by atoms with Crippen molar-refractivity contribution < 1.29 is 18.8 Å². The van der Waals surface area contributed by atoms with Gasteiger partial charge in [0.1, 0.15) is 5.00 Å². The number of aryl methyl sites for hydroxylation is 1. The fraction of sp³-hybridized carbons (Fsp3) is 0.440. The number of ether oxygens (including phenoxy) is 1. The van der Waals surface area contributed by atoms with Crippen LogP contribution in [-0.4, -0.2) is 47.1 Å². The van der Waals surface area contributed by atoms with Gasteiger partial charge in [-0.15, -0.1) is 11.3 Å². The maximum absolute atomic E-state index is 13.2. The summed E-state index contributed by atoms with van der Waals surface area (Å²) in [6.45, 7) is 1.98. The first-order chi connectivity index (χ1) is 16.6. The zero-order valence-electron chi connectivity index (χ0n) is 19.2. The standard InChI is InChI=1S/C25H28N4O4S/c1-32-25(31)21-18-11-5-6-12-19(18)34-24(21)27-23(30)17-10-7-13-29(14-17)15-20-26-22(28-33-20)16-8-3-2-4-9-16/h2-4,8-9,17H,5-7,10-15H2,1H3,(H,27,30). The van der Waals surface area contributed by atoms with Crippen LogP contribution < -0.4 is 5.32 Å². The third-order valence-electron chi connectivity index (χ3n) is 6.53. The molecule has 3 aromatic rings. The average molecular weight is 481 g/mol. The number of aromatic nitrogens is 2. The fourth-order valence-corrected chi connectivity index (χ4v) is 6.09. The summed E-state index contributed by atoms with van der Waals surface area (Å²) in [4.78, 5) is 33.6. The van der Waals surface area contributed by atoms with E-state index in [1.54, 1.807) is 0 Å². The van der Waals surface area contributed by atoms with Crippen molar-refractivity contribution in [2.45, 2.75) is 45.1 Å². The molecule has 8 nitrogen and oxygen atoms in total. The number of benzene rings is 1. The highest BCUT2D eigenvalue weighted by Crippen LogP contribution is 2.39. The molecule has 3 heterocycles. The number of carbonyl (C=O) groups excluding carboxylic acids is 2. The van der Waals surface area contributed by atoms with Crippen LogP contribution in [0.3, 0.4) is 0 Å². The summed E-state index contributed by atoms with van der Waals surface area (Å²) >= 11 is 1.52. The monoisotopic (exact) mass is 480 g/mol. The lowest BCUT2D eigenvalue weighted by Gasteiger charge is -2.30. The number of likely N-dealkylation sites (tertiary alicyclic amines) is 1. The van der Waals surface area contributed by atoms with E-state index in [-0.39, 0.29) is 17.8 Å². The second-order valence-electron chi connectivity index (χ2n) is 8.85. The molecule has 1 N–H and O–H groups in total. The van der Waals surface area contributed by atoms with Gasteiger partial charge >= 0.3 is 5.97 Å². The molecule has 0 saturated carbocycles. The van der Waals surface area contributed by atoms with Crippen molar-refractivity contribution in [3.05, 3.63) is 52.2 Å². The molecule has 1 atom stereocenters. The van der Waals surface area contributed by atoms with Crippen molar-refractivity contribution >= 4 is 28.2 Å². The number of carbonyl (C=O) groups is 2. The number of esters is 1. The van der Waals surface area contributed by atoms with Crippen LogP contribution in [0.5, 0.6) is 0 Å². The van der Waals surface area contributed by atoms with Crippen LogP contribution in [0.1, 0.15) is 52.4 Å². The highest BCUT2D eigenvalue weighted by Gasteiger charge is 2.31. The summed E-state index contributed by atoms with van der Waals surface area (Å²) in [6.07, 6.45) is 5.69. The maximum atomic E-state index is 13.2. The molecule has 34 heavy (non-hydrogen) atoms. The van der Waals surface area contributed by atoms with Crippen LogP contribution >= 0.6 is 11.3 Å². The Morgan fingerprint density at radius 2 is 2.03 bits per heavy atom. The van der Waals surface area contributed by atoms with Crippen LogP contribution in [-0.2, 0) is 28.9 Å². The van der Waals surface area contributed by atoms with Crippen molar-refractivity contribution in [1.82, 2.24) is 15.0 Å². The molecule has 0 bridgehead atoms. The van der Waals surface area contributed by atoms with Crippen molar-refractivity contribution in [2.24, 2.45) is 5.92 Å². The molecule has 1 amide bonds. The molecule has 178 valence electrons. The lowest BCUT2D eigenvalue weighted by molar-refractivity contribution is -0.121. The molecule has 1 aliphatic heterocycles. The number of thiophene rings is 1. The van der Waals surface area contributed by atoms with Crippen LogP contribution in [0.2, 0.25) is 0 Å². The largest absolute Gasteiger partial charge is 0.465 e. The highest BCUT2D eigenvalue weighted by molar-refractivity contribution is 7.17. The third-order valence-corrected chi connectivity index (χ3v) is 7.74. The Hall–Kier alpha value is -3.04. The smallest absolute Gasteiger partial charge is 0.341 e. The Morgan fingerprint density at radius 3 is 2.85 bits per heavy atom. The van der Waals surface area contributed by atoms with Gasteiger partial charge in [-0.3, -0.25) is 9.69 Å². The Kier molecular flexibility index (Phi) is 6.73. The number of fused-ring (bicyclic) bond motifs is 1. The number of rotatable bonds is 6. The van der Waals surface area contributed by atoms with Gasteiger partial charge in [0.2, 0.25) is 17.6 Å². The van der Waals surface area contributed by atoms with Gasteiger partial charge in [-0.05, 0) is 50.6 Å². The van der Waals surface area contributed by atoms with E-state index >= 15 is 0 Å². The first kappa shape index (κ1) is 22.7. The van der Waals surface area contributed by atoms with Gasteiger partial charge in [-0.2, -0.15) is 4.98 Å². The normalized spacial score (nSPS) is 18.3. The molecule has 1 fully saturated rings. The van der Waals surface area contributed by atoms with Gasteiger partial charge in [0.25, 0.3) is 0 Å². The lowest BCUT2D eigenvalue weighted by atomic mass is 9.95. The van der Waals surface area contributed by atoms with Gasteiger partial charge < -0.3 is 14.6 Å². The average Bonchev–Trinajstić information content (AvgIpc) is 3.48. The molecule has 9 heteroatoms. The van der Waals surface area contributed by atoms with Crippen molar-refractivity contribution in [3.63, 3.8) is 0 Å². The van der Waals surface area contributed by atoms with Crippen molar-refractivity contribution in [3.8, 4) is 11.4 Å². The Labute approximate surface area is 202 Å². The van der Waals surface area contributed by atoms with E-state index in [0.29, 0.717) is 35.4 Å². The number of piperidine rings is 1. The first-order valence-corrected chi connectivity index (χ1v) is 12.6.